The lowest BCUT2D eigenvalue weighted by molar-refractivity contribution is 0.234. The highest BCUT2D eigenvalue weighted by Gasteiger charge is 2.20. The van der Waals surface area contributed by atoms with Crippen LogP contribution in [0.15, 0.2) is 85.2 Å². The molecule has 0 bridgehead atoms. The molecule has 0 saturated carbocycles. The second-order valence-corrected chi connectivity index (χ2v) is 19.5. The Morgan fingerprint density at radius 1 is 0.278 bits per heavy atom. The van der Waals surface area contributed by atoms with Crippen LogP contribution in [0.25, 0.3) is 44.8 Å². The van der Waals surface area contributed by atoms with Crippen LogP contribution in [0.1, 0.15) is 196 Å². The SMILES string of the molecule is CCCCCCOc1cc(-c2ccc(-c3cccc(-c4ccc(-c5cc(OCCCCCC)c(OCCCCCC)c(OCCCCCC)c5)cn4)c3)nc2)cc(OCCCCCC)c1OCCCCCC. The van der Waals surface area contributed by atoms with Gasteiger partial charge in [0.2, 0.25) is 11.5 Å². The molecule has 72 heavy (non-hydrogen) atoms. The van der Waals surface area contributed by atoms with E-state index in [4.69, 9.17) is 38.4 Å². The van der Waals surface area contributed by atoms with Crippen molar-refractivity contribution in [3.05, 3.63) is 85.2 Å². The number of nitrogens with zero attached hydrogens (tertiary/aromatic N) is 2. The van der Waals surface area contributed by atoms with Crippen LogP contribution in [0.2, 0.25) is 0 Å². The molecule has 0 fully saturated rings. The van der Waals surface area contributed by atoms with Gasteiger partial charge in [0.25, 0.3) is 0 Å². The predicted octanol–water partition coefficient (Wildman–Crippen LogP) is 18.9. The van der Waals surface area contributed by atoms with E-state index in [0.717, 1.165) is 156 Å². The minimum Gasteiger partial charge on any atom is -0.490 e. The first kappa shape index (κ1) is 57.7. The Morgan fingerprint density at radius 2 is 0.569 bits per heavy atom. The Morgan fingerprint density at radius 3 is 0.833 bits per heavy atom. The summed E-state index contributed by atoms with van der Waals surface area (Å²) in [4.78, 5) is 10.0. The average Bonchev–Trinajstić information content (AvgIpc) is 3.41. The largest absolute Gasteiger partial charge is 0.490 e. The lowest BCUT2D eigenvalue weighted by atomic mass is 10.0. The molecule has 8 heteroatoms. The van der Waals surface area contributed by atoms with E-state index in [1.165, 1.54) is 77.0 Å². The van der Waals surface area contributed by atoms with E-state index in [9.17, 15) is 0 Å². The molecule has 0 spiro atoms. The second-order valence-electron chi connectivity index (χ2n) is 19.5. The zero-order valence-corrected chi connectivity index (χ0v) is 45.6. The molecule has 0 aliphatic heterocycles. The third-order valence-electron chi connectivity index (χ3n) is 13.2. The molecule has 0 saturated heterocycles. The number of pyridine rings is 2. The van der Waals surface area contributed by atoms with Gasteiger partial charge in [-0.25, -0.2) is 0 Å². The summed E-state index contributed by atoms with van der Waals surface area (Å²) in [7, 11) is 0. The van der Waals surface area contributed by atoms with Gasteiger partial charge in [0.1, 0.15) is 0 Å². The molecule has 5 aromatic rings. The molecule has 0 amide bonds. The van der Waals surface area contributed by atoms with E-state index >= 15 is 0 Å². The monoisotopic (exact) mass is 985 g/mol. The highest BCUT2D eigenvalue weighted by atomic mass is 16.5. The summed E-state index contributed by atoms with van der Waals surface area (Å²) >= 11 is 0. The summed E-state index contributed by atoms with van der Waals surface area (Å²) in [5, 5.41) is 0. The van der Waals surface area contributed by atoms with E-state index in [-0.39, 0.29) is 0 Å². The molecule has 3 aromatic carbocycles. The number of ether oxygens (including phenoxy) is 6. The van der Waals surface area contributed by atoms with Gasteiger partial charge in [0, 0.05) is 34.6 Å². The molecule has 0 aliphatic rings. The highest BCUT2D eigenvalue weighted by Crippen LogP contribution is 2.44. The van der Waals surface area contributed by atoms with Crippen molar-refractivity contribution in [2.45, 2.75) is 196 Å². The Hall–Kier alpha value is -5.24. The van der Waals surface area contributed by atoms with E-state index in [0.29, 0.717) is 39.6 Å². The van der Waals surface area contributed by atoms with Gasteiger partial charge >= 0.3 is 0 Å². The molecule has 0 radical (unpaired) electrons. The maximum atomic E-state index is 6.53. The molecular formula is C64H92N2O6. The third kappa shape index (κ3) is 20.0. The van der Waals surface area contributed by atoms with Crippen LogP contribution in [-0.4, -0.2) is 49.6 Å². The predicted molar refractivity (Wildman–Crippen MR) is 302 cm³/mol. The van der Waals surface area contributed by atoms with Crippen LogP contribution in [0.3, 0.4) is 0 Å². The van der Waals surface area contributed by atoms with Crippen LogP contribution >= 0.6 is 0 Å². The molecular weight excluding hydrogens is 893 g/mol. The summed E-state index contributed by atoms with van der Waals surface area (Å²) in [6.07, 6.45) is 31.2. The van der Waals surface area contributed by atoms with Crippen molar-refractivity contribution in [3.63, 3.8) is 0 Å². The van der Waals surface area contributed by atoms with E-state index in [2.05, 4.69) is 114 Å². The molecule has 394 valence electrons. The Labute approximate surface area is 436 Å². The third-order valence-corrected chi connectivity index (χ3v) is 13.2. The van der Waals surface area contributed by atoms with Gasteiger partial charge in [-0.2, -0.15) is 0 Å². The maximum Gasteiger partial charge on any atom is 0.203 e. The standard InChI is InChI=1S/C64H92N2O6/c1-7-13-19-25-38-67-59-45-55(46-60(68-39-26-20-14-8-2)63(59)71-42-29-23-17-11-5)53-34-36-57(65-49-53)51-32-31-33-52(44-51)58-37-35-54(50-66-58)56-47-61(69-40-27-21-15-9-3)64(72-43-30-24-18-12-6)62(48-56)70-41-28-22-16-10-4/h31-37,44-50H,7-30,38-43H2,1-6H3. The van der Waals surface area contributed by atoms with E-state index in [1.54, 1.807) is 0 Å². The smallest absolute Gasteiger partial charge is 0.203 e. The van der Waals surface area contributed by atoms with Crippen molar-refractivity contribution < 1.29 is 28.4 Å². The Kier molecular flexibility index (Phi) is 28.0. The number of hydrogen-bond donors (Lipinski definition) is 0. The molecule has 2 aromatic heterocycles. The summed E-state index contributed by atoms with van der Waals surface area (Å²) in [5.41, 5.74) is 7.82. The van der Waals surface area contributed by atoms with Crippen LogP contribution in [0, 0.1) is 0 Å². The second kappa shape index (κ2) is 35.0. The molecule has 0 unspecified atom stereocenters. The molecule has 0 atom stereocenters. The zero-order valence-electron chi connectivity index (χ0n) is 45.6. The van der Waals surface area contributed by atoms with Gasteiger partial charge in [0.05, 0.1) is 51.0 Å². The summed E-state index contributed by atoms with van der Waals surface area (Å²) in [6, 6.07) is 25.4. The van der Waals surface area contributed by atoms with E-state index in [1.807, 2.05) is 12.4 Å². The topological polar surface area (TPSA) is 81.2 Å². The highest BCUT2D eigenvalue weighted by molar-refractivity contribution is 5.76. The number of hydrogen-bond acceptors (Lipinski definition) is 8. The number of aromatic nitrogens is 2. The van der Waals surface area contributed by atoms with Gasteiger partial charge in [-0.3, -0.25) is 9.97 Å². The fraction of sp³-hybridized carbons (Fsp3) is 0.562. The fourth-order valence-corrected chi connectivity index (χ4v) is 8.76. The first-order valence-electron chi connectivity index (χ1n) is 28.7. The van der Waals surface area contributed by atoms with Crippen LogP contribution in [-0.2, 0) is 0 Å². The first-order chi connectivity index (χ1) is 35.5. The van der Waals surface area contributed by atoms with Gasteiger partial charge in [0.15, 0.2) is 23.0 Å². The van der Waals surface area contributed by atoms with Crippen molar-refractivity contribution in [3.8, 4) is 79.3 Å². The number of rotatable bonds is 40. The number of benzene rings is 3. The van der Waals surface area contributed by atoms with Crippen molar-refractivity contribution in [1.29, 1.82) is 0 Å². The lowest BCUT2D eigenvalue weighted by Crippen LogP contribution is -2.06. The van der Waals surface area contributed by atoms with Crippen LogP contribution in [0.4, 0.5) is 0 Å². The maximum absolute atomic E-state index is 6.53. The van der Waals surface area contributed by atoms with Gasteiger partial charge in [-0.1, -0.05) is 187 Å². The van der Waals surface area contributed by atoms with Crippen molar-refractivity contribution >= 4 is 0 Å². The number of unbranched alkanes of at least 4 members (excludes halogenated alkanes) is 18. The zero-order chi connectivity index (χ0) is 50.9. The molecule has 8 nitrogen and oxygen atoms in total. The Balaban J connectivity index is 1.39. The van der Waals surface area contributed by atoms with Crippen LogP contribution in [0.5, 0.6) is 34.5 Å². The molecule has 2 heterocycles. The van der Waals surface area contributed by atoms with Crippen molar-refractivity contribution in [2.75, 3.05) is 39.6 Å². The minimum absolute atomic E-state index is 0.640. The van der Waals surface area contributed by atoms with Gasteiger partial charge in [-0.05, 0) is 92.1 Å². The summed E-state index contributed by atoms with van der Waals surface area (Å²) in [6.45, 7) is 17.3. The lowest BCUT2D eigenvalue weighted by Gasteiger charge is -2.19. The average molecular weight is 985 g/mol. The normalized spacial score (nSPS) is 11.2. The van der Waals surface area contributed by atoms with Gasteiger partial charge in [-0.15, -0.1) is 0 Å². The van der Waals surface area contributed by atoms with E-state index < -0.39 is 0 Å². The fourth-order valence-electron chi connectivity index (χ4n) is 8.76. The van der Waals surface area contributed by atoms with Crippen LogP contribution < -0.4 is 28.4 Å². The quantitative estimate of drug-likeness (QED) is 0.0359. The Bertz CT molecular complexity index is 1980. The van der Waals surface area contributed by atoms with Crippen molar-refractivity contribution in [1.82, 2.24) is 9.97 Å². The molecule has 0 N–H and O–H groups in total. The molecule has 0 aliphatic carbocycles. The summed E-state index contributed by atoms with van der Waals surface area (Å²) < 4.78 is 39.1. The first-order valence-corrected chi connectivity index (χ1v) is 28.7. The minimum atomic E-state index is 0.640. The van der Waals surface area contributed by atoms with Gasteiger partial charge < -0.3 is 28.4 Å². The summed E-state index contributed by atoms with van der Waals surface area (Å²) in [5.74, 6) is 4.43. The molecule has 5 rings (SSSR count). The van der Waals surface area contributed by atoms with Crippen molar-refractivity contribution in [2.24, 2.45) is 0 Å².